The first-order valence-electron chi connectivity index (χ1n) is 5.83. The molecule has 1 heterocycles. The smallest absolute Gasteiger partial charge is 0.229 e. The highest BCUT2D eigenvalue weighted by molar-refractivity contribution is 5.54. The average molecular weight is 250 g/mol. The Kier molecular flexibility index (Phi) is 3.72. The summed E-state index contributed by atoms with van der Waals surface area (Å²) < 4.78 is 18.5. The molecular formula is C13H15FN2O2. The number of halogens is 1. The zero-order valence-electron chi connectivity index (χ0n) is 10.3. The monoisotopic (exact) mass is 250 g/mol. The Balaban J connectivity index is 2.18. The molecule has 1 atom stereocenters. The van der Waals surface area contributed by atoms with Crippen LogP contribution in [0.25, 0.3) is 11.4 Å². The van der Waals surface area contributed by atoms with E-state index in [4.69, 9.17) is 4.52 Å². The van der Waals surface area contributed by atoms with Gasteiger partial charge in [0.1, 0.15) is 5.82 Å². The van der Waals surface area contributed by atoms with Gasteiger partial charge >= 0.3 is 0 Å². The maximum Gasteiger partial charge on any atom is 0.229 e. The van der Waals surface area contributed by atoms with Crippen LogP contribution >= 0.6 is 0 Å². The molecule has 0 bridgehead atoms. The maximum atomic E-state index is 13.5. The van der Waals surface area contributed by atoms with Crippen LogP contribution in [0.3, 0.4) is 0 Å². The minimum atomic E-state index is -0.543. The lowest BCUT2D eigenvalue weighted by molar-refractivity contribution is 0.116. The zero-order valence-corrected chi connectivity index (χ0v) is 10.3. The Hall–Kier alpha value is -1.75. The van der Waals surface area contributed by atoms with E-state index in [1.807, 2.05) is 13.8 Å². The number of rotatable bonds is 4. The Bertz CT molecular complexity index is 525. The highest BCUT2D eigenvalue weighted by Crippen LogP contribution is 2.20. The summed E-state index contributed by atoms with van der Waals surface area (Å²) in [6.07, 6.45) is -0.266. The molecule has 0 radical (unpaired) electrons. The van der Waals surface area contributed by atoms with Gasteiger partial charge in [0.15, 0.2) is 0 Å². The van der Waals surface area contributed by atoms with E-state index in [0.29, 0.717) is 11.5 Å². The zero-order chi connectivity index (χ0) is 13.1. The summed E-state index contributed by atoms with van der Waals surface area (Å²) in [5.41, 5.74) is 0.298. The third kappa shape index (κ3) is 2.73. The number of aliphatic hydroxyl groups excluding tert-OH is 1. The minimum absolute atomic E-state index is 0.105. The predicted molar refractivity (Wildman–Crippen MR) is 64.2 cm³/mol. The van der Waals surface area contributed by atoms with Gasteiger partial charge in [0.05, 0.1) is 18.1 Å². The predicted octanol–water partition coefficient (Wildman–Crippen LogP) is 2.44. The fourth-order valence-electron chi connectivity index (χ4n) is 1.50. The van der Waals surface area contributed by atoms with Crippen LogP contribution in [0, 0.1) is 11.7 Å². The van der Waals surface area contributed by atoms with Crippen molar-refractivity contribution in [1.29, 1.82) is 0 Å². The van der Waals surface area contributed by atoms with Crippen LogP contribution in [0.1, 0.15) is 19.7 Å². The first-order chi connectivity index (χ1) is 8.58. The fraction of sp³-hybridized carbons (Fsp3) is 0.385. The molecule has 0 amide bonds. The second kappa shape index (κ2) is 5.27. The molecule has 0 saturated heterocycles. The van der Waals surface area contributed by atoms with Crippen molar-refractivity contribution in [3.05, 3.63) is 36.0 Å². The quantitative estimate of drug-likeness (QED) is 0.905. The number of aromatic nitrogens is 2. The van der Waals surface area contributed by atoms with Crippen LogP contribution in [0.4, 0.5) is 4.39 Å². The molecule has 0 aliphatic heterocycles. The maximum absolute atomic E-state index is 13.5. The van der Waals surface area contributed by atoms with Gasteiger partial charge < -0.3 is 9.63 Å². The Morgan fingerprint density at radius 2 is 2.06 bits per heavy atom. The summed E-state index contributed by atoms with van der Waals surface area (Å²) in [6, 6.07) is 6.23. The lowest BCUT2D eigenvalue weighted by Crippen LogP contribution is -2.17. The number of hydrogen-bond acceptors (Lipinski definition) is 4. The van der Waals surface area contributed by atoms with E-state index in [2.05, 4.69) is 10.1 Å². The van der Waals surface area contributed by atoms with Crippen molar-refractivity contribution in [3.63, 3.8) is 0 Å². The molecule has 1 aromatic carbocycles. The molecule has 0 spiro atoms. The largest absolute Gasteiger partial charge is 0.392 e. The van der Waals surface area contributed by atoms with E-state index in [1.54, 1.807) is 18.2 Å². The molecule has 2 aromatic rings. The molecule has 0 aliphatic carbocycles. The van der Waals surface area contributed by atoms with Crippen molar-refractivity contribution in [2.24, 2.45) is 5.92 Å². The summed E-state index contributed by atoms with van der Waals surface area (Å²) in [5, 5.41) is 13.4. The molecule has 0 fully saturated rings. The lowest BCUT2D eigenvalue weighted by Gasteiger charge is -2.10. The molecule has 0 aliphatic rings. The van der Waals surface area contributed by atoms with Gasteiger partial charge in [0, 0.05) is 0 Å². The van der Waals surface area contributed by atoms with Gasteiger partial charge in [-0.15, -0.1) is 0 Å². The number of hydrogen-bond donors (Lipinski definition) is 1. The Morgan fingerprint density at radius 1 is 1.33 bits per heavy atom. The molecular weight excluding hydrogens is 235 g/mol. The van der Waals surface area contributed by atoms with E-state index in [9.17, 15) is 9.50 Å². The molecule has 2 rings (SSSR count). The molecule has 1 unspecified atom stereocenters. The molecule has 1 N–H and O–H groups in total. The standard InChI is InChI=1S/C13H15FN2O2/c1-8(2)11(17)7-12-15-13(16-18-12)9-5-3-4-6-10(9)14/h3-6,8,11,17H,7H2,1-2H3. The summed E-state index contributed by atoms with van der Waals surface area (Å²) in [6.45, 7) is 3.80. The van der Waals surface area contributed by atoms with Crippen LogP contribution in [-0.2, 0) is 6.42 Å². The summed E-state index contributed by atoms with van der Waals surface area (Å²) in [7, 11) is 0. The van der Waals surface area contributed by atoms with Crippen molar-refractivity contribution in [1.82, 2.24) is 10.1 Å². The normalized spacial score (nSPS) is 12.9. The van der Waals surface area contributed by atoms with Crippen molar-refractivity contribution >= 4 is 0 Å². The van der Waals surface area contributed by atoms with Gasteiger partial charge in [-0.25, -0.2) is 4.39 Å². The summed E-state index contributed by atoms with van der Waals surface area (Å²) >= 11 is 0. The SMILES string of the molecule is CC(C)C(O)Cc1nc(-c2ccccc2F)no1. The van der Waals surface area contributed by atoms with Crippen LogP contribution in [0.15, 0.2) is 28.8 Å². The van der Waals surface area contributed by atoms with E-state index in [1.165, 1.54) is 6.07 Å². The molecule has 1 aromatic heterocycles. The fourth-order valence-corrected chi connectivity index (χ4v) is 1.50. The van der Waals surface area contributed by atoms with Gasteiger partial charge in [-0.3, -0.25) is 0 Å². The van der Waals surface area contributed by atoms with Gasteiger partial charge in [-0.1, -0.05) is 31.1 Å². The van der Waals surface area contributed by atoms with E-state index in [0.717, 1.165) is 0 Å². The second-order valence-electron chi connectivity index (χ2n) is 4.51. The van der Waals surface area contributed by atoms with Crippen molar-refractivity contribution in [2.45, 2.75) is 26.4 Å². The molecule has 18 heavy (non-hydrogen) atoms. The topological polar surface area (TPSA) is 59.2 Å². The van der Waals surface area contributed by atoms with Crippen molar-refractivity contribution in [2.75, 3.05) is 0 Å². The van der Waals surface area contributed by atoms with E-state index >= 15 is 0 Å². The molecule has 0 saturated carbocycles. The van der Waals surface area contributed by atoms with Crippen molar-refractivity contribution in [3.8, 4) is 11.4 Å². The third-order valence-corrected chi connectivity index (χ3v) is 2.74. The third-order valence-electron chi connectivity index (χ3n) is 2.74. The first-order valence-corrected chi connectivity index (χ1v) is 5.83. The minimum Gasteiger partial charge on any atom is -0.392 e. The van der Waals surface area contributed by atoms with E-state index < -0.39 is 11.9 Å². The average Bonchev–Trinajstić information content (AvgIpc) is 2.77. The van der Waals surface area contributed by atoms with Crippen LogP contribution in [0.2, 0.25) is 0 Å². The highest BCUT2D eigenvalue weighted by atomic mass is 19.1. The van der Waals surface area contributed by atoms with Crippen LogP contribution in [0.5, 0.6) is 0 Å². The Labute approximate surface area is 104 Å². The number of aliphatic hydroxyl groups is 1. The van der Waals surface area contributed by atoms with Crippen LogP contribution < -0.4 is 0 Å². The Morgan fingerprint density at radius 3 is 2.72 bits per heavy atom. The van der Waals surface area contributed by atoms with E-state index in [-0.39, 0.29) is 18.2 Å². The second-order valence-corrected chi connectivity index (χ2v) is 4.51. The number of nitrogens with zero attached hydrogens (tertiary/aromatic N) is 2. The van der Waals surface area contributed by atoms with Gasteiger partial charge in [-0.05, 0) is 18.1 Å². The number of benzene rings is 1. The van der Waals surface area contributed by atoms with Gasteiger partial charge in [0.25, 0.3) is 0 Å². The van der Waals surface area contributed by atoms with Crippen molar-refractivity contribution < 1.29 is 14.0 Å². The van der Waals surface area contributed by atoms with Crippen LogP contribution in [-0.4, -0.2) is 21.4 Å². The summed E-state index contributed by atoms with van der Waals surface area (Å²) in [5.74, 6) is 0.233. The van der Waals surface area contributed by atoms with Gasteiger partial charge in [0.2, 0.25) is 11.7 Å². The first kappa shape index (κ1) is 12.7. The molecule has 4 nitrogen and oxygen atoms in total. The molecule has 96 valence electrons. The summed E-state index contributed by atoms with van der Waals surface area (Å²) in [4.78, 5) is 4.09. The molecule has 5 heteroatoms. The van der Waals surface area contributed by atoms with Gasteiger partial charge in [-0.2, -0.15) is 4.98 Å². The lowest BCUT2D eigenvalue weighted by atomic mass is 10.0. The highest BCUT2D eigenvalue weighted by Gasteiger charge is 2.17.